The van der Waals surface area contributed by atoms with Crippen molar-refractivity contribution in [1.82, 2.24) is 10.0 Å². The van der Waals surface area contributed by atoms with Crippen molar-refractivity contribution in [3.63, 3.8) is 0 Å². The maximum absolute atomic E-state index is 12.1. The van der Waals surface area contributed by atoms with Crippen LogP contribution in [-0.2, 0) is 19.5 Å². The Labute approximate surface area is 111 Å². The lowest BCUT2D eigenvalue weighted by Crippen LogP contribution is -2.78. The first kappa shape index (κ1) is 12.8. The summed E-state index contributed by atoms with van der Waals surface area (Å²) in [5.41, 5.74) is 0. The van der Waals surface area contributed by atoms with E-state index in [1.807, 2.05) is 28.2 Å². The third-order valence-corrected chi connectivity index (χ3v) is 3.62. The molecule has 0 aromatic carbocycles. The van der Waals surface area contributed by atoms with Crippen molar-refractivity contribution < 1.29 is 33.8 Å². The smallest absolute Gasteiger partial charge is 0.258 e. The largest absolute Gasteiger partial charge is 0.370 e. The molecule has 0 N–H and O–H groups in total. The highest BCUT2D eigenvalue weighted by atomic mass is 17.2. The minimum Gasteiger partial charge on any atom is -0.258 e. The van der Waals surface area contributed by atoms with E-state index in [1.54, 1.807) is 0 Å². The first-order valence-corrected chi connectivity index (χ1v) is 6.29. The van der Waals surface area contributed by atoms with Gasteiger partial charge in [0.2, 0.25) is 0 Å². The van der Waals surface area contributed by atoms with Crippen LogP contribution >= 0.6 is 0 Å². The van der Waals surface area contributed by atoms with Crippen molar-refractivity contribution in [1.29, 1.82) is 0 Å². The predicted octanol–water partition coefficient (Wildman–Crippen LogP) is -1.82. The van der Waals surface area contributed by atoms with Crippen molar-refractivity contribution in [3.05, 3.63) is 0 Å². The number of carbonyl (C=O) groups excluding carboxylic acids is 2. The molecule has 0 radical (unpaired) electrons. The second kappa shape index (κ2) is 3.44. The molecule has 3 aliphatic heterocycles. The quantitative estimate of drug-likeness (QED) is 0.385. The minimum atomic E-state index is -0.600. The summed E-state index contributed by atoms with van der Waals surface area (Å²) in [5, 5.41) is 2.08. The van der Waals surface area contributed by atoms with Crippen molar-refractivity contribution in [2.45, 2.75) is 0 Å². The molecule has 19 heavy (non-hydrogen) atoms. The van der Waals surface area contributed by atoms with Gasteiger partial charge in [-0.3, -0.25) is 9.59 Å². The molecule has 1 spiro atoms. The normalized spacial score (nSPS) is 31.2. The Morgan fingerprint density at radius 2 is 1.21 bits per heavy atom. The highest BCUT2D eigenvalue weighted by Crippen LogP contribution is 2.37. The van der Waals surface area contributed by atoms with E-state index in [1.165, 1.54) is 10.0 Å². The molecule has 2 amide bonds. The summed E-state index contributed by atoms with van der Waals surface area (Å²) in [4.78, 5) is 36.0. The van der Waals surface area contributed by atoms with Crippen LogP contribution in [0.3, 0.4) is 0 Å². The molecule has 0 aromatic heterocycles. The van der Waals surface area contributed by atoms with E-state index >= 15 is 0 Å². The Bertz CT molecular complexity index is 421. The number of hydrogen-bond donors (Lipinski definition) is 0. The second-order valence-corrected chi connectivity index (χ2v) is 6.11. The summed E-state index contributed by atoms with van der Waals surface area (Å²) in [7, 11) is 7.48. The fourth-order valence-electron chi connectivity index (χ4n) is 2.56. The molecule has 9 nitrogen and oxygen atoms in total. The van der Waals surface area contributed by atoms with Crippen LogP contribution in [0, 0.1) is 0 Å². The van der Waals surface area contributed by atoms with Crippen molar-refractivity contribution in [3.8, 4) is 0 Å². The van der Waals surface area contributed by atoms with Gasteiger partial charge in [0, 0.05) is 0 Å². The van der Waals surface area contributed by atoms with Crippen LogP contribution in [0.5, 0.6) is 0 Å². The van der Waals surface area contributed by atoms with Crippen LogP contribution in [0.4, 0.5) is 0 Å². The lowest BCUT2D eigenvalue weighted by molar-refractivity contribution is -1.57. The molecular formula is C10H20N5O4+3. The van der Waals surface area contributed by atoms with Gasteiger partial charge in [-0.25, -0.2) is 0 Å². The average Bonchev–Trinajstić information content (AvgIpc) is 2.43. The monoisotopic (exact) mass is 274 g/mol. The SMILES string of the molecule is C[N+]1(C)CCN2C(=O)C(=O)N3CC[N+](C)(C)O[N+]23O1. The molecule has 3 heterocycles. The second-order valence-electron chi connectivity index (χ2n) is 6.11. The zero-order chi connectivity index (χ0) is 14.1. The first-order valence-electron chi connectivity index (χ1n) is 6.29. The number of hydroxylamine groups is 6. The summed E-state index contributed by atoms with van der Waals surface area (Å²) in [6.45, 7) is 2.02. The number of nitrogens with zero attached hydrogens (tertiary/aromatic N) is 5. The molecule has 0 atom stereocenters. The molecule has 3 rings (SSSR count). The number of carbonyl (C=O) groups is 2. The molecule has 0 aliphatic carbocycles. The molecule has 106 valence electrons. The van der Waals surface area contributed by atoms with Gasteiger partial charge in [0.05, 0.1) is 9.88 Å². The lowest BCUT2D eigenvalue weighted by Gasteiger charge is -2.45. The minimum absolute atomic E-state index is 0.216. The molecular weight excluding hydrogens is 254 g/mol. The van der Waals surface area contributed by atoms with Crippen LogP contribution in [-0.4, -0.2) is 90.5 Å². The number of hydrogen-bond acceptors (Lipinski definition) is 4. The van der Waals surface area contributed by atoms with Crippen molar-refractivity contribution in [2.75, 3.05) is 54.4 Å². The predicted molar refractivity (Wildman–Crippen MR) is 59.8 cm³/mol. The highest BCUT2D eigenvalue weighted by Gasteiger charge is 2.75. The molecule has 0 bridgehead atoms. The maximum Gasteiger partial charge on any atom is 0.370 e. The molecule has 3 aliphatic rings. The van der Waals surface area contributed by atoms with Gasteiger partial charge in [-0.1, -0.05) is 10.0 Å². The molecule has 3 fully saturated rings. The van der Waals surface area contributed by atoms with Crippen molar-refractivity contribution >= 4 is 11.8 Å². The summed E-state index contributed by atoms with van der Waals surface area (Å²) >= 11 is 0. The Balaban J connectivity index is 2.06. The summed E-state index contributed by atoms with van der Waals surface area (Å²) < 4.78 is 0.432. The van der Waals surface area contributed by atoms with Crippen LogP contribution < -0.4 is 0 Å². The third kappa shape index (κ3) is 1.66. The lowest BCUT2D eigenvalue weighted by atomic mass is 10.4. The Kier molecular flexibility index (Phi) is 2.31. The Morgan fingerprint density at radius 1 is 0.842 bits per heavy atom. The Morgan fingerprint density at radius 3 is 1.58 bits per heavy atom. The average molecular weight is 274 g/mol. The fraction of sp³-hybridized carbons (Fsp3) is 0.800. The summed E-state index contributed by atoms with van der Waals surface area (Å²) in [6.07, 6.45) is 0. The van der Waals surface area contributed by atoms with Crippen LogP contribution in [0.15, 0.2) is 0 Å². The number of rotatable bonds is 0. The van der Waals surface area contributed by atoms with Crippen LogP contribution in [0.25, 0.3) is 0 Å². The van der Waals surface area contributed by atoms with Crippen LogP contribution in [0.2, 0.25) is 0 Å². The zero-order valence-electron chi connectivity index (χ0n) is 11.7. The van der Waals surface area contributed by atoms with Gasteiger partial charge in [-0.05, 0) is 0 Å². The van der Waals surface area contributed by atoms with Gasteiger partial charge in [-0.2, -0.15) is 0 Å². The molecule has 3 saturated heterocycles. The van der Waals surface area contributed by atoms with E-state index in [0.717, 1.165) is 0 Å². The van der Waals surface area contributed by atoms with Gasteiger partial charge in [0.1, 0.15) is 54.4 Å². The van der Waals surface area contributed by atoms with Gasteiger partial charge in [0.15, 0.2) is 0 Å². The third-order valence-electron chi connectivity index (χ3n) is 3.62. The van der Waals surface area contributed by atoms with E-state index in [-0.39, 0.29) is 9.29 Å². The fourth-order valence-corrected chi connectivity index (χ4v) is 2.56. The molecule has 9 heteroatoms. The number of likely N-dealkylation sites (N-methyl/N-ethyl adjacent to an activating group) is 2. The zero-order valence-corrected chi connectivity index (χ0v) is 11.7. The highest BCUT2D eigenvalue weighted by molar-refractivity contribution is 6.35. The Hall–Kier alpha value is -1.26. The first-order chi connectivity index (χ1) is 8.67. The van der Waals surface area contributed by atoms with Crippen molar-refractivity contribution in [2.24, 2.45) is 0 Å². The number of quaternary nitrogens is 3. The van der Waals surface area contributed by atoms with Gasteiger partial charge in [0.25, 0.3) is 5.03 Å². The van der Waals surface area contributed by atoms with Gasteiger partial charge < -0.3 is 0 Å². The van der Waals surface area contributed by atoms with E-state index in [0.29, 0.717) is 26.2 Å². The molecule has 0 unspecified atom stereocenters. The van der Waals surface area contributed by atoms with Gasteiger partial charge in [-0.15, -0.1) is 9.29 Å². The van der Waals surface area contributed by atoms with E-state index < -0.39 is 16.8 Å². The topological polar surface area (TPSA) is 59.1 Å². The van der Waals surface area contributed by atoms with Gasteiger partial charge >= 0.3 is 11.8 Å². The molecule has 0 saturated carbocycles. The molecule has 0 aromatic rings. The van der Waals surface area contributed by atoms with Crippen LogP contribution in [0.1, 0.15) is 0 Å². The standard InChI is InChI=1S/C10H20N5O4/c1-13(2)7-5-11-9(16)10(17)12-6-8-14(3,4)19-15(11,12)18-13/h5-8H2,1-4H3/q+3. The maximum atomic E-state index is 12.1. The van der Waals surface area contributed by atoms with E-state index in [2.05, 4.69) is 0 Å². The number of amides is 2. The van der Waals surface area contributed by atoms with E-state index in [9.17, 15) is 9.59 Å². The summed E-state index contributed by atoms with van der Waals surface area (Å²) in [5.74, 6) is -1.14. The summed E-state index contributed by atoms with van der Waals surface area (Å²) in [6, 6.07) is 0. The van der Waals surface area contributed by atoms with E-state index in [4.69, 9.17) is 9.88 Å².